The van der Waals surface area contributed by atoms with Gasteiger partial charge in [-0.1, -0.05) is 20.3 Å². The highest BCUT2D eigenvalue weighted by molar-refractivity contribution is 5.80. The molecule has 0 aromatic rings. The molecular weight excluding hydrogens is 240 g/mol. The molecule has 1 aliphatic carbocycles. The smallest absolute Gasteiger partial charge is 0.325 e. The van der Waals surface area contributed by atoms with Crippen molar-refractivity contribution in [1.82, 2.24) is 10.2 Å². The number of nitrogens with one attached hydrogen (secondary N) is 1. The molecule has 0 bridgehead atoms. The second-order valence-electron chi connectivity index (χ2n) is 6.23. The minimum atomic E-state index is -0.704. The van der Waals surface area contributed by atoms with Gasteiger partial charge in [0, 0.05) is 13.1 Å². The maximum absolute atomic E-state index is 11.8. The molecule has 0 radical (unpaired) electrons. The lowest BCUT2D eigenvalue weighted by Crippen LogP contribution is -2.61. The van der Waals surface area contributed by atoms with Gasteiger partial charge in [0.05, 0.1) is 0 Å². The third-order valence-electron chi connectivity index (χ3n) is 4.80. The molecular formula is C15H28N2O2. The Kier molecular flexibility index (Phi) is 4.85. The van der Waals surface area contributed by atoms with Crippen LogP contribution in [-0.4, -0.2) is 47.7 Å². The van der Waals surface area contributed by atoms with Crippen LogP contribution in [0.5, 0.6) is 0 Å². The summed E-state index contributed by atoms with van der Waals surface area (Å²) in [5.74, 6) is 0.420. The summed E-state index contributed by atoms with van der Waals surface area (Å²) < 4.78 is 0. The van der Waals surface area contributed by atoms with Crippen LogP contribution in [-0.2, 0) is 4.79 Å². The number of carboxylic acids is 1. The molecule has 110 valence electrons. The SMILES string of the molecule is CCNC(CN1CCCC(CC)C1)(C(=O)O)C1CC1. The van der Waals surface area contributed by atoms with Crippen molar-refractivity contribution in [2.75, 3.05) is 26.2 Å². The molecule has 2 rings (SSSR count). The van der Waals surface area contributed by atoms with Crippen LogP contribution in [0.25, 0.3) is 0 Å². The van der Waals surface area contributed by atoms with E-state index in [0.717, 1.165) is 38.4 Å². The van der Waals surface area contributed by atoms with Crippen LogP contribution < -0.4 is 5.32 Å². The number of nitrogens with zero attached hydrogens (tertiary/aromatic N) is 1. The van der Waals surface area contributed by atoms with E-state index in [9.17, 15) is 9.90 Å². The number of likely N-dealkylation sites (N-methyl/N-ethyl adjacent to an activating group) is 1. The summed E-state index contributed by atoms with van der Waals surface area (Å²) in [6, 6.07) is 0. The van der Waals surface area contributed by atoms with Gasteiger partial charge in [-0.15, -0.1) is 0 Å². The number of carboxylic acid groups (broad SMARTS) is 1. The third kappa shape index (κ3) is 3.29. The summed E-state index contributed by atoms with van der Waals surface area (Å²) in [6.45, 7) is 7.79. The van der Waals surface area contributed by atoms with E-state index in [0.29, 0.717) is 12.5 Å². The number of carbonyl (C=O) groups is 1. The predicted octanol–water partition coefficient (Wildman–Crippen LogP) is 1.95. The van der Waals surface area contributed by atoms with E-state index in [-0.39, 0.29) is 0 Å². The highest BCUT2D eigenvalue weighted by Crippen LogP contribution is 2.41. The molecule has 0 amide bonds. The van der Waals surface area contributed by atoms with Crippen LogP contribution in [0, 0.1) is 11.8 Å². The third-order valence-corrected chi connectivity index (χ3v) is 4.80. The fourth-order valence-corrected chi connectivity index (χ4v) is 3.52. The van der Waals surface area contributed by atoms with Gasteiger partial charge >= 0.3 is 5.97 Å². The lowest BCUT2D eigenvalue weighted by molar-refractivity contribution is -0.147. The van der Waals surface area contributed by atoms with E-state index in [4.69, 9.17) is 0 Å². The fraction of sp³-hybridized carbons (Fsp3) is 0.933. The average molecular weight is 268 g/mol. The highest BCUT2D eigenvalue weighted by Gasteiger charge is 2.51. The number of hydrogen-bond acceptors (Lipinski definition) is 3. The quantitative estimate of drug-likeness (QED) is 0.741. The van der Waals surface area contributed by atoms with E-state index in [1.54, 1.807) is 0 Å². The van der Waals surface area contributed by atoms with Gasteiger partial charge in [-0.3, -0.25) is 4.79 Å². The Balaban J connectivity index is 2.04. The van der Waals surface area contributed by atoms with Crippen LogP contribution >= 0.6 is 0 Å². The van der Waals surface area contributed by atoms with Gasteiger partial charge in [0.2, 0.25) is 0 Å². The first kappa shape index (κ1) is 14.8. The van der Waals surface area contributed by atoms with Gasteiger partial charge in [0.1, 0.15) is 5.54 Å². The molecule has 0 aromatic carbocycles. The minimum Gasteiger partial charge on any atom is -0.480 e. The lowest BCUT2D eigenvalue weighted by atomic mass is 9.89. The van der Waals surface area contributed by atoms with Crippen molar-refractivity contribution >= 4 is 5.97 Å². The Morgan fingerprint density at radius 1 is 1.37 bits per heavy atom. The second-order valence-corrected chi connectivity index (χ2v) is 6.23. The van der Waals surface area contributed by atoms with Crippen LogP contribution in [0.1, 0.15) is 46.0 Å². The first-order chi connectivity index (χ1) is 9.12. The first-order valence-corrected chi connectivity index (χ1v) is 7.83. The van der Waals surface area contributed by atoms with Crippen LogP contribution in [0.2, 0.25) is 0 Å². The molecule has 2 aliphatic rings. The van der Waals surface area contributed by atoms with Crippen molar-refractivity contribution in [2.45, 2.75) is 51.5 Å². The monoisotopic (exact) mass is 268 g/mol. The van der Waals surface area contributed by atoms with Crippen molar-refractivity contribution in [3.63, 3.8) is 0 Å². The van der Waals surface area contributed by atoms with E-state index < -0.39 is 11.5 Å². The van der Waals surface area contributed by atoms with E-state index in [1.165, 1.54) is 19.3 Å². The van der Waals surface area contributed by atoms with Crippen LogP contribution in [0.4, 0.5) is 0 Å². The molecule has 4 nitrogen and oxygen atoms in total. The van der Waals surface area contributed by atoms with Gasteiger partial charge in [-0.2, -0.15) is 0 Å². The van der Waals surface area contributed by atoms with Gasteiger partial charge in [0.15, 0.2) is 0 Å². The topological polar surface area (TPSA) is 52.6 Å². The zero-order chi connectivity index (χ0) is 13.9. The largest absolute Gasteiger partial charge is 0.480 e. The normalized spacial score (nSPS) is 28.0. The molecule has 19 heavy (non-hydrogen) atoms. The molecule has 0 spiro atoms. The molecule has 1 heterocycles. The fourth-order valence-electron chi connectivity index (χ4n) is 3.52. The molecule has 4 heteroatoms. The summed E-state index contributed by atoms with van der Waals surface area (Å²) in [7, 11) is 0. The highest BCUT2D eigenvalue weighted by atomic mass is 16.4. The Morgan fingerprint density at radius 3 is 2.63 bits per heavy atom. The Hall–Kier alpha value is -0.610. The Labute approximate surface area is 116 Å². The molecule has 2 unspecified atom stereocenters. The van der Waals surface area contributed by atoms with Crippen molar-refractivity contribution in [2.24, 2.45) is 11.8 Å². The number of piperidine rings is 1. The van der Waals surface area contributed by atoms with Crippen molar-refractivity contribution in [3.8, 4) is 0 Å². The van der Waals surface area contributed by atoms with E-state index >= 15 is 0 Å². The maximum atomic E-state index is 11.8. The molecule has 2 atom stereocenters. The van der Waals surface area contributed by atoms with Gasteiger partial charge in [-0.25, -0.2) is 0 Å². The van der Waals surface area contributed by atoms with Crippen molar-refractivity contribution < 1.29 is 9.90 Å². The number of hydrogen-bond donors (Lipinski definition) is 2. The zero-order valence-corrected chi connectivity index (χ0v) is 12.3. The molecule has 2 fully saturated rings. The molecule has 1 saturated heterocycles. The van der Waals surface area contributed by atoms with Gasteiger partial charge in [0.25, 0.3) is 0 Å². The van der Waals surface area contributed by atoms with E-state index in [2.05, 4.69) is 17.1 Å². The van der Waals surface area contributed by atoms with Crippen molar-refractivity contribution in [3.05, 3.63) is 0 Å². The number of likely N-dealkylation sites (tertiary alicyclic amines) is 1. The summed E-state index contributed by atoms with van der Waals surface area (Å²) >= 11 is 0. The molecule has 1 aliphatic heterocycles. The van der Waals surface area contributed by atoms with Crippen molar-refractivity contribution in [1.29, 1.82) is 0 Å². The number of aliphatic carboxylic acids is 1. The first-order valence-electron chi connectivity index (χ1n) is 7.83. The Bertz CT molecular complexity index is 317. The maximum Gasteiger partial charge on any atom is 0.325 e. The summed E-state index contributed by atoms with van der Waals surface area (Å²) in [4.78, 5) is 14.2. The molecule has 0 aromatic heterocycles. The molecule has 1 saturated carbocycles. The average Bonchev–Trinajstić information content (AvgIpc) is 3.22. The minimum absolute atomic E-state index is 0.326. The standard InChI is InChI=1S/C15H28N2O2/c1-3-12-6-5-9-17(10-12)11-15(14(18)19,16-4-2)13-7-8-13/h12-13,16H,3-11H2,1-2H3,(H,18,19). The van der Waals surface area contributed by atoms with Crippen LogP contribution in [0.3, 0.4) is 0 Å². The Morgan fingerprint density at radius 2 is 2.11 bits per heavy atom. The summed E-state index contributed by atoms with van der Waals surface area (Å²) in [6.07, 6.45) is 5.85. The molecule has 2 N–H and O–H groups in total. The zero-order valence-electron chi connectivity index (χ0n) is 12.3. The number of rotatable bonds is 7. The second kappa shape index (κ2) is 6.23. The predicted molar refractivity (Wildman–Crippen MR) is 76.2 cm³/mol. The summed E-state index contributed by atoms with van der Waals surface area (Å²) in [5.41, 5.74) is -0.704. The lowest BCUT2D eigenvalue weighted by Gasteiger charge is -2.39. The van der Waals surface area contributed by atoms with Gasteiger partial charge < -0.3 is 15.3 Å². The van der Waals surface area contributed by atoms with E-state index in [1.807, 2.05) is 6.92 Å². The van der Waals surface area contributed by atoms with Crippen LogP contribution in [0.15, 0.2) is 0 Å². The van der Waals surface area contributed by atoms with Gasteiger partial charge in [-0.05, 0) is 50.6 Å². The summed E-state index contributed by atoms with van der Waals surface area (Å²) in [5, 5.41) is 13.0.